The predicted molar refractivity (Wildman–Crippen MR) is 69.4 cm³/mol. The van der Waals surface area contributed by atoms with E-state index in [0.29, 0.717) is 12.8 Å². The molecule has 1 heterocycles. The number of hydrogen-bond donors (Lipinski definition) is 4. The number of aliphatic hydroxyl groups is 3. The van der Waals surface area contributed by atoms with Gasteiger partial charge >= 0.3 is 12.1 Å². The number of nitrogens with zero attached hydrogens (tertiary/aromatic N) is 1. The lowest BCUT2D eigenvalue weighted by Crippen LogP contribution is -2.42. The van der Waals surface area contributed by atoms with Crippen molar-refractivity contribution in [1.82, 2.24) is 4.90 Å². The average Bonchev–Trinajstić information content (AvgIpc) is 2.76. The minimum Gasteiger partial charge on any atom is -0.506 e. The van der Waals surface area contributed by atoms with Crippen molar-refractivity contribution >= 4 is 12.1 Å². The largest absolute Gasteiger partial charge is 0.506 e. The fourth-order valence-corrected chi connectivity index (χ4v) is 2.82. The zero-order chi connectivity index (χ0) is 15.6. The Balaban J connectivity index is 2.31. The summed E-state index contributed by atoms with van der Waals surface area (Å²) >= 11 is 0. The molecule has 0 aromatic heterocycles. The second-order valence-electron chi connectivity index (χ2n) is 5.25. The summed E-state index contributed by atoms with van der Waals surface area (Å²) in [6.07, 6.45) is -0.366. The van der Waals surface area contributed by atoms with Gasteiger partial charge in [0.05, 0.1) is 6.61 Å². The first kappa shape index (κ1) is 15.6. The van der Waals surface area contributed by atoms with Crippen molar-refractivity contribution in [2.75, 3.05) is 6.61 Å². The zero-order valence-electron chi connectivity index (χ0n) is 11.4. The summed E-state index contributed by atoms with van der Waals surface area (Å²) in [5, 5.41) is 37.8. The number of hydrogen-bond acceptors (Lipinski definition) is 6. The second-order valence-corrected chi connectivity index (χ2v) is 5.25. The van der Waals surface area contributed by atoms with Crippen LogP contribution >= 0.6 is 0 Å². The molecule has 4 N–H and O–H groups in total. The predicted octanol–water partition coefficient (Wildman–Crippen LogP) is 0.347. The minimum atomic E-state index is -1.49. The van der Waals surface area contributed by atoms with Crippen molar-refractivity contribution in [3.8, 4) is 0 Å². The fraction of sp³-hybridized carbons (Fsp3) is 0.692. The Bertz CT molecular complexity index is 455. The van der Waals surface area contributed by atoms with Crippen LogP contribution in [-0.2, 0) is 9.53 Å². The molecule has 1 fully saturated rings. The van der Waals surface area contributed by atoms with Gasteiger partial charge in [-0.2, -0.15) is 0 Å². The van der Waals surface area contributed by atoms with Crippen LogP contribution in [0.3, 0.4) is 0 Å². The van der Waals surface area contributed by atoms with E-state index in [2.05, 4.69) is 0 Å². The molecule has 0 spiro atoms. The van der Waals surface area contributed by atoms with Gasteiger partial charge in [0.15, 0.2) is 17.6 Å². The molecule has 1 amide bonds. The zero-order valence-corrected chi connectivity index (χ0v) is 11.4. The molecule has 1 aliphatic carbocycles. The van der Waals surface area contributed by atoms with Gasteiger partial charge in [-0.1, -0.05) is 19.3 Å². The topological polar surface area (TPSA) is 128 Å². The Hall–Kier alpha value is -1.80. The maximum atomic E-state index is 11.9. The first-order valence-corrected chi connectivity index (χ1v) is 6.92. The van der Waals surface area contributed by atoms with Crippen LogP contribution in [0.1, 0.15) is 32.1 Å². The number of carboxylic acid groups (broad SMARTS) is 1. The van der Waals surface area contributed by atoms with Crippen LogP contribution in [0, 0.1) is 0 Å². The molecule has 2 rings (SSSR count). The van der Waals surface area contributed by atoms with Crippen LogP contribution in [0.2, 0.25) is 0 Å². The third-order valence-electron chi connectivity index (χ3n) is 3.86. The number of carbonyl (C=O) groups excluding carboxylic acids is 1. The number of rotatable bonds is 4. The van der Waals surface area contributed by atoms with Crippen LogP contribution < -0.4 is 0 Å². The van der Waals surface area contributed by atoms with Gasteiger partial charge in [0, 0.05) is 6.04 Å². The van der Waals surface area contributed by atoms with Gasteiger partial charge in [-0.3, -0.25) is 4.90 Å². The van der Waals surface area contributed by atoms with Crippen molar-refractivity contribution in [1.29, 1.82) is 0 Å². The lowest BCUT2D eigenvalue weighted by Gasteiger charge is -2.31. The molecule has 1 aliphatic heterocycles. The second kappa shape index (κ2) is 6.31. The molecule has 0 bridgehead atoms. The van der Waals surface area contributed by atoms with E-state index in [1.54, 1.807) is 0 Å². The van der Waals surface area contributed by atoms with Crippen LogP contribution in [0.5, 0.6) is 0 Å². The summed E-state index contributed by atoms with van der Waals surface area (Å²) in [6.45, 7) is -0.716. The van der Waals surface area contributed by atoms with Gasteiger partial charge in [-0.05, 0) is 12.8 Å². The monoisotopic (exact) mass is 301 g/mol. The van der Waals surface area contributed by atoms with Crippen LogP contribution in [0.4, 0.5) is 4.79 Å². The number of amides is 1. The SMILES string of the molecule is O=C1O[C@H]([C@@H](O)CO)C(O)=C1N(C(=O)O)C1CCCCC1. The Morgan fingerprint density at radius 3 is 2.48 bits per heavy atom. The Morgan fingerprint density at radius 1 is 1.33 bits per heavy atom. The van der Waals surface area contributed by atoms with Crippen molar-refractivity contribution < 1.29 is 34.8 Å². The highest BCUT2D eigenvalue weighted by Gasteiger charge is 2.45. The highest BCUT2D eigenvalue weighted by molar-refractivity contribution is 5.95. The molecule has 8 heteroatoms. The average molecular weight is 301 g/mol. The maximum Gasteiger partial charge on any atom is 0.412 e. The van der Waals surface area contributed by atoms with E-state index in [9.17, 15) is 24.9 Å². The lowest BCUT2D eigenvalue weighted by molar-refractivity contribution is -0.147. The van der Waals surface area contributed by atoms with Gasteiger partial charge in [-0.25, -0.2) is 9.59 Å². The molecule has 0 aromatic carbocycles. The van der Waals surface area contributed by atoms with Gasteiger partial charge in [0.1, 0.15) is 6.10 Å². The molecule has 0 radical (unpaired) electrons. The molecule has 0 aromatic rings. The molecular weight excluding hydrogens is 282 g/mol. The Morgan fingerprint density at radius 2 is 1.95 bits per heavy atom. The normalized spacial score (nSPS) is 24.9. The third kappa shape index (κ3) is 2.96. The Labute approximate surface area is 121 Å². The van der Waals surface area contributed by atoms with E-state index < -0.39 is 48.4 Å². The first-order chi connectivity index (χ1) is 9.97. The van der Waals surface area contributed by atoms with E-state index in [-0.39, 0.29) is 0 Å². The molecule has 0 unspecified atom stereocenters. The molecule has 8 nitrogen and oxygen atoms in total. The van der Waals surface area contributed by atoms with E-state index in [4.69, 9.17) is 9.84 Å². The quantitative estimate of drug-likeness (QED) is 0.551. The van der Waals surface area contributed by atoms with Crippen LogP contribution in [0.15, 0.2) is 11.5 Å². The maximum absolute atomic E-state index is 11.9. The summed E-state index contributed by atoms with van der Waals surface area (Å²) in [4.78, 5) is 24.2. The van der Waals surface area contributed by atoms with Gasteiger partial charge in [-0.15, -0.1) is 0 Å². The van der Waals surface area contributed by atoms with Crippen molar-refractivity contribution in [2.24, 2.45) is 0 Å². The smallest absolute Gasteiger partial charge is 0.412 e. The molecule has 118 valence electrons. The number of esters is 1. The Kier molecular flexibility index (Phi) is 4.69. The van der Waals surface area contributed by atoms with Crippen LogP contribution in [0.25, 0.3) is 0 Å². The number of cyclic esters (lactones) is 1. The highest BCUT2D eigenvalue weighted by Crippen LogP contribution is 2.32. The van der Waals surface area contributed by atoms with Gasteiger partial charge in [0.25, 0.3) is 0 Å². The summed E-state index contributed by atoms with van der Waals surface area (Å²) in [5.41, 5.74) is -0.452. The molecule has 2 atom stereocenters. The number of carbonyl (C=O) groups is 2. The standard InChI is InChI=1S/C13H19NO7/c15-6-8(16)11-10(17)9(12(18)21-11)14(13(19)20)7-4-2-1-3-5-7/h7-8,11,15-17H,1-6H2,(H,19,20)/t8-,11+/m0/s1. The summed E-state index contributed by atoms with van der Waals surface area (Å²) in [7, 11) is 0. The van der Waals surface area contributed by atoms with Crippen molar-refractivity contribution in [3.63, 3.8) is 0 Å². The minimum absolute atomic E-state index is 0.397. The van der Waals surface area contributed by atoms with E-state index in [0.717, 1.165) is 24.2 Å². The number of aliphatic hydroxyl groups excluding tert-OH is 3. The van der Waals surface area contributed by atoms with Crippen LogP contribution in [-0.4, -0.2) is 62.2 Å². The molecule has 0 saturated heterocycles. The van der Waals surface area contributed by atoms with E-state index in [1.807, 2.05) is 0 Å². The fourth-order valence-electron chi connectivity index (χ4n) is 2.82. The summed E-state index contributed by atoms with van der Waals surface area (Å²) in [5.74, 6) is -1.65. The third-order valence-corrected chi connectivity index (χ3v) is 3.86. The highest BCUT2D eigenvalue weighted by atomic mass is 16.6. The molecule has 2 aliphatic rings. The lowest BCUT2D eigenvalue weighted by atomic mass is 9.94. The first-order valence-electron chi connectivity index (χ1n) is 6.92. The summed E-state index contributed by atoms with van der Waals surface area (Å²) < 4.78 is 4.78. The van der Waals surface area contributed by atoms with Gasteiger partial charge < -0.3 is 25.2 Å². The van der Waals surface area contributed by atoms with E-state index >= 15 is 0 Å². The van der Waals surface area contributed by atoms with Gasteiger partial charge in [0.2, 0.25) is 0 Å². The van der Waals surface area contributed by atoms with Crippen molar-refractivity contribution in [3.05, 3.63) is 11.5 Å². The number of ether oxygens (including phenoxy) is 1. The molecule has 1 saturated carbocycles. The molecular formula is C13H19NO7. The molecule has 21 heavy (non-hydrogen) atoms. The summed E-state index contributed by atoms with van der Waals surface area (Å²) in [6, 6.07) is -0.397. The van der Waals surface area contributed by atoms with Crippen molar-refractivity contribution in [2.45, 2.75) is 50.4 Å². The van der Waals surface area contributed by atoms with E-state index in [1.165, 1.54) is 0 Å².